The first-order valence-corrected chi connectivity index (χ1v) is 5.20. The predicted octanol–water partition coefficient (Wildman–Crippen LogP) is 0.643. The number of carbonyl (C=O) groups is 1. The van der Waals surface area contributed by atoms with Gasteiger partial charge in [0.1, 0.15) is 0 Å². The Morgan fingerprint density at radius 1 is 1.59 bits per heavy atom. The van der Waals surface area contributed by atoms with Crippen molar-refractivity contribution in [1.29, 1.82) is 0 Å². The zero-order valence-corrected chi connectivity index (χ0v) is 9.54. The number of nitrogens with one attached hydrogen (secondary N) is 1. The Hall–Kier alpha value is -1.56. The zero-order chi connectivity index (χ0) is 12.9. The normalized spacial score (nSPS) is 11.3. The number of nitrogens with two attached hydrogens (primary N) is 1. The van der Waals surface area contributed by atoms with E-state index in [0.717, 1.165) is 5.56 Å². The molecule has 0 bridgehead atoms. The molecule has 4 nitrogen and oxygen atoms in total. The maximum Gasteiger partial charge on any atom is 0.277 e. The third-order valence-electron chi connectivity index (χ3n) is 2.29. The van der Waals surface area contributed by atoms with Crippen LogP contribution < -0.4 is 11.1 Å². The summed E-state index contributed by atoms with van der Waals surface area (Å²) >= 11 is 0. The molecule has 1 rings (SSSR count). The molecule has 6 heteroatoms. The quantitative estimate of drug-likeness (QED) is 0.797. The number of hydrogen-bond donors (Lipinski definition) is 2. The van der Waals surface area contributed by atoms with Gasteiger partial charge in [-0.1, -0.05) is 6.07 Å². The molecular weight excluding hydrogens is 228 g/mol. The van der Waals surface area contributed by atoms with Crippen molar-refractivity contribution in [3.8, 4) is 0 Å². The van der Waals surface area contributed by atoms with Gasteiger partial charge in [0.25, 0.3) is 5.92 Å². The summed E-state index contributed by atoms with van der Waals surface area (Å²) in [5, 5.41) is 2.14. The molecule has 17 heavy (non-hydrogen) atoms. The molecule has 0 unspecified atom stereocenters. The largest absolute Gasteiger partial charge is 0.350 e. The molecule has 0 fully saturated rings. The Bertz CT molecular complexity index is 396. The number of alkyl halides is 2. The third-order valence-corrected chi connectivity index (χ3v) is 2.29. The van der Waals surface area contributed by atoms with Crippen LogP contribution in [0, 0.1) is 6.92 Å². The molecule has 0 atom stereocenters. The van der Waals surface area contributed by atoms with Crippen LogP contribution in [0.5, 0.6) is 0 Å². The van der Waals surface area contributed by atoms with Crippen LogP contribution in [0.25, 0.3) is 0 Å². The fraction of sp³-hybridized carbons (Fsp3) is 0.455. The molecule has 3 N–H and O–H groups in total. The van der Waals surface area contributed by atoms with Crippen LogP contribution in [-0.2, 0) is 11.2 Å². The topological polar surface area (TPSA) is 68.0 Å². The van der Waals surface area contributed by atoms with Crippen molar-refractivity contribution in [3.63, 3.8) is 0 Å². The van der Waals surface area contributed by atoms with Crippen LogP contribution in [-0.4, -0.2) is 29.9 Å². The number of pyridine rings is 1. The van der Waals surface area contributed by atoms with E-state index in [2.05, 4.69) is 10.3 Å². The van der Waals surface area contributed by atoms with Crippen LogP contribution in [0.1, 0.15) is 11.3 Å². The van der Waals surface area contributed by atoms with E-state index in [1.165, 1.54) is 0 Å². The Kier molecular flexibility index (Phi) is 4.51. The van der Waals surface area contributed by atoms with Crippen molar-refractivity contribution in [3.05, 3.63) is 29.6 Å². The van der Waals surface area contributed by atoms with E-state index < -0.39 is 24.9 Å². The highest BCUT2D eigenvalue weighted by Crippen LogP contribution is 2.09. The summed E-state index contributed by atoms with van der Waals surface area (Å²) in [6, 6.07) is 3.56. The Labute approximate surface area is 98.2 Å². The van der Waals surface area contributed by atoms with Crippen LogP contribution in [0.4, 0.5) is 8.78 Å². The number of halogens is 2. The van der Waals surface area contributed by atoms with Crippen LogP contribution in [0.15, 0.2) is 18.3 Å². The molecule has 1 heterocycles. The summed E-state index contributed by atoms with van der Waals surface area (Å²) < 4.78 is 25.6. The van der Waals surface area contributed by atoms with Crippen molar-refractivity contribution in [2.75, 3.05) is 13.1 Å². The van der Waals surface area contributed by atoms with Crippen molar-refractivity contribution >= 4 is 5.91 Å². The highest BCUT2D eigenvalue weighted by Gasteiger charge is 2.27. The fourth-order valence-electron chi connectivity index (χ4n) is 1.22. The van der Waals surface area contributed by atoms with Gasteiger partial charge in [0.2, 0.25) is 5.91 Å². The Morgan fingerprint density at radius 2 is 2.29 bits per heavy atom. The van der Waals surface area contributed by atoms with Gasteiger partial charge in [-0.25, -0.2) is 8.78 Å². The first-order chi connectivity index (χ1) is 7.94. The molecule has 0 saturated carbocycles. The van der Waals surface area contributed by atoms with Crippen molar-refractivity contribution < 1.29 is 13.6 Å². The summed E-state index contributed by atoms with van der Waals surface area (Å²) in [5.41, 5.74) is 6.29. The number of aromatic nitrogens is 1. The smallest absolute Gasteiger partial charge is 0.277 e. The average molecular weight is 243 g/mol. The van der Waals surface area contributed by atoms with Crippen LogP contribution >= 0.6 is 0 Å². The number of nitrogens with zero attached hydrogens (tertiary/aromatic N) is 1. The summed E-state index contributed by atoms with van der Waals surface area (Å²) in [6.07, 6.45) is 1.55. The number of amides is 1. The molecule has 1 aromatic heterocycles. The van der Waals surface area contributed by atoms with Gasteiger partial charge in [-0.05, 0) is 18.6 Å². The molecule has 0 aliphatic heterocycles. The molecule has 94 valence electrons. The van der Waals surface area contributed by atoms with E-state index in [1.807, 2.05) is 13.0 Å². The van der Waals surface area contributed by atoms with E-state index >= 15 is 0 Å². The number of hydrogen-bond acceptors (Lipinski definition) is 3. The fourth-order valence-corrected chi connectivity index (χ4v) is 1.22. The van der Waals surface area contributed by atoms with E-state index in [-0.39, 0.29) is 6.42 Å². The molecule has 0 aliphatic carbocycles. The summed E-state index contributed by atoms with van der Waals surface area (Å²) in [4.78, 5) is 15.4. The average Bonchev–Trinajstić information content (AvgIpc) is 2.30. The maximum absolute atomic E-state index is 12.8. The van der Waals surface area contributed by atoms with Gasteiger partial charge in [0.15, 0.2) is 0 Å². The monoisotopic (exact) mass is 243 g/mol. The van der Waals surface area contributed by atoms with Crippen molar-refractivity contribution in [2.24, 2.45) is 5.73 Å². The molecule has 0 aromatic carbocycles. The molecule has 1 amide bonds. The number of aryl methyl sites for hydroxylation is 1. The van der Waals surface area contributed by atoms with Crippen LogP contribution in [0.2, 0.25) is 0 Å². The van der Waals surface area contributed by atoms with Gasteiger partial charge in [-0.2, -0.15) is 0 Å². The Morgan fingerprint density at radius 3 is 2.88 bits per heavy atom. The van der Waals surface area contributed by atoms with Gasteiger partial charge >= 0.3 is 0 Å². The lowest BCUT2D eigenvalue weighted by atomic mass is 10.1. The minimum Gasteiger partial charge on any atom is -0.350 e. The highest BCUT2D eigenvalue weighted by atomic mass is 19.3. The lowest BCUT2D eigenvalue weighted by molar-refractivity contribution is -0.122. The second-order valence-corrected chi connectivity index (χ2v) is 3.78. The van der Waals surface area contributed by atoms with E-state index in [9.17, 15) is 13.6 Å². The SMILES string of the molecule is Cc1cccnc1CC(=O)NCC(F)(F)CN. The molecule has 0 radical (unpaired) electrons. The second kappa shape index (κ2) is 5.67. The third kappa shape index (κ3) is 4.44. The number of carbonyl (C=O) groups excluding carboxylic acids is 1. The molecule has 0 spiro atoms. The van der Waals surface area contributed by atoms with Crippen LogP contribution in [0.3, 0.4) is 0 Å². The number of rotatable bonds is 5. The van der Waals surface area contributed by atoms with Gasteiger partial charge in [-0.15, -0.1) is 0 Å². The predicted molar refractivity (Wildman–Crippen MR) is 59.7 cm³/mol. The van der Waals surface area contributed by atoms with Gasteiger partial charge in [0.05, 0.1) is 25.2 Å². The van der Waals surface area contributed by atoms with E-state index in [1.54, 1.807) is 12.3 Å². The Balaban J connectivity index is 2.48. The summed E-state index contributed by atoms with van der Waals surface area (Å²) in [5.74, 6) is -3.55. The van der Waals surface area contributed by atoms with Crippen molar-refractivity contribution in [2.45, 2.75) is 19.3 Å². The standard InChI is InChI=1S/C11H15F2N3O/c1-8-3-2-4-15-9(8)5-10(17)16-7-11(12,13)6-14/h2-4H,5-7,14H2,1H3,(H,16,17). The summed E-state index contributed by atoms with van der Waals surface area (Å²) in [6.45, 7) is 0.286. The molecule has 0 aliphatic rings. The lowest BCUT2D eigenvalue weighted by Gasteiger charge is -2.14. The van der Waals surface area contributed by atoms with Gasteiger partial charge < -0.3 is 11.1 Å². The second-order valence-electron chi connectivity index (χ2n) is 3.78. The minimum absolute atomic E-state index is 0.00662. The minimum atomic E-state index is -3.06. The van der Waals surface area contributed by atoms with Crippen molar-refractivity contribution in [1.82, 2.24) is 10.3 Å². The molecular formula is C11H15F2N3O. The first kappa shape index (κ1) is 13.5. The molecule has 1 aromatic rings. The zero-order valence-electron chi connectivity index (χ0n) is 9.54. The summed E-state index contributed by atoms with van der Waals surface area (Å²) in [7, 11) is 0. The lowest BCUT2D eigenvalue weighted by Crippen LogP contribution is -2.42. The van der Waals surface area contributed by atoms with Gasteiger partial charge in [0, 0.05) is 6.20 Å². The van der Waals surface area contributed by atoms with E-state index in [4.69, 9.17) is 5.73 Å². The maximum atomic E-state index is 12.8. The van der Waals surface area contributed by atoms with Gasteiger partial charge in [-0.3, -0.25) is 9.78 Å². The molecule has 0 saturated heterocycles. The first-order valence-electron chi connectivity index (χ1n) is 5.20. The highest BCUT2D eigenvalue weighted by molar-refractivity contribution is 5.78. The van der Waals surface area contributed by atoms with E-state index in [0.29, 0.717) is 5.69 Å².